The number of aliphatic hydroxyl groups excluding tert-OH is 1. The van der Waals surface area contributed by atoms with Crippen molar-refractivity contribution in [1.82, 2.24) is 10.2 Å². The molecular weight excluding hydrogens is 216 g/mol. The summed E-state index contributed by atoms with van der Waals surface area (Å²) in [4.78, 5) is 0. The Balaban J connectivity index is 2.02. The molecule has 1 fully saturated rings. The SMILES string of the molecule is Cc1cc(C(O)CC2CCOCC2)c(C)nn1. The summed E-state index contributed by atoms with van der Waals surface area (Å²) in [5.41, 5.74) is 2.61. The zero-order chi connectivity index (χ0) is 12.3. The first-order valence-corrected chi connectivity index (χ1v) is 6.23. The molecule has 2 rings (SSSR count). The van der Waals surface area contributed by atoms with E-state index in [9.17, 15) is 5.11 Å². The van der Waals surface area contributed by atoms with Crippen LogP contribution in [-0.4, -0.2) is 28.5 Å². The van der Waals surface area contributed by atoms with Crippen molar-refractivity contribution in [3.63, 3.8) is 0 Å². The number of hydrogen-bond donors (Lipinski definition) is 1. The summed E-state index contributed by atoms with van der Waals surface area (Å²) in [6.45, 7) is 5.44. The highest BCUT2D eigenvalue weighted by Gasteiger charge is 2.20. The van der Waals surface area contributed by atoms with Gasteiger partial charge in [-0.1, -0.05) is 0 Å². The highest BCUT2D eigenvalue weighted by atomic mass is 16.5. The Hall–Kier alpha value is -1.00. The lowest BCUT2D eigenvalue weighted by Crippen LogP contribution is -2.18. The average molecular weight is 236 g/mol. The van der Waals surface area contributed by atoms with Crippen molar-refractivity contribution >= 4 is 0 Å². The lowest BCUT2D eigenvalue weighted by Gasteiger charge is -2.24. The molecule has 1 aliphatic rings. The van der Waals surface area contributed by atoms with E-state index in [4.69, 9.17) is 4.74 Å². The molecule has 0 saturated carbocycles. The quantitative estimate of drug-likeness (QED) is 0.871. The van der Waals surface area contributed by atoms with Gasteiger partial charge in [0.15, 0.2) is 0 Å². The predicted octanol–water partition coefficient (Wildman–Crippen LogP) is 1.94. The summed E-state index contributed by atoms with van der Waals surface area (Å²) in [6, 6.07) is 1.94. The second kappa shape index (κ2) is 5.56. The molecule has 0 radical (unpaired) electrons. The number of rotatable bonds is 3. The molecule has 0 bridgehead atoms. The Morgan fingerprint density at radius 2 is 2.06 bits per heavy atom. The van der Waals surface area contributed by atoms with Gasteiger partial charge in [-0.15, -0.1) is 0 Å². The first-order chi connectivity index (χ1) is 8.16. The number of aromatic nitrogens is 2. The first-order valence-electron chi connectivity index (χ1n) is 6.23. The largest absolute Gasteiger partial charge is 0.388 e. The van der Waals surface area contributed by atoms with Crippen molar-refractivity contribution in [2.45, 2.75) is 39.2 Å². The molecule has 1 aromatic rings. The molecule has 94 valence electrons. The summed E-state index contributed by atoms with van der Waals surface area (Å²) in [5, 5.41) is 18.3. The van der Waals surface area contributed by atoms with Crippen LogP contribution in [0.3, 0.4) is 0 Å². The lowest BCUT2D eigenvalue weighted by molar-refractivity contribution is 0.0433. The molecular formula is C13H20N2O2. The van der Waals surface area contributed by atoms with E-state index in [1.165, 1.54) is 0 Å². The first kappa shape index (κ1) is 12.5. The van der Waals surface area contributed by atoms with Gasteiger partial charge in [0.2, 0.25) is 0 Å². The number of nitrogens with zero attached hydrogens (tertiary/aromatic N) is 2. The standard InChI is InChI=1S/C13H20N2O2/c1-9-7-12(10(2)15-14-9)13(16)8-11-3-5-17-6-4-11/h7,11,13,16H,3-6,8H2,1-2H3. The maximum atomic E-state index is 10.3. The maximum Gasteiger partial charge on any atom is 0.0811 e. The minimum atomic E-state index is -0.424. The molecule has 0 spiro atoms. The van der Waals surface area contributed by atoms with Crippen LogP contribution < -0.4 is 0 Å². The predicted molar refractivity (Wildman–Crippen MR) is 64.6 cm³/mol. The van der Waals surface area contributed by atoms with Crippen LogP contribution in [0.4, 0.5) is 0 Å². The minimum Gasteiger partial charge on any atom is -0.388 e. The Morgan fingerprint density at radius 1 is 1.35 bits per heavy atom. The van der Waals surface area contributed by atoms with Crippen LogP contribution in [0.15, 0.2) is 6.07 Å². The second-order valence-corrected chi connectivity index (χ2v) is 4.83. The Kier molecular flexibility index (Phi) is 4.07. The highest BCUT2D eigenvalue weighted by molar-refractivity contribution is 5.22. The van der Waals surface area contributed by atoms with Crippen LogP contribution in [0.1, 0.15) is 42.3 Å². The van der Waals surface area contributed by atoms with E-state index in [0.717, 1.165) is 49.4 Å². The summed E-state index contributed by atoms with van der Waals surface area (Å²) >= 11 is 0. The van der Waals surface area contributed by atoms with E-state index in [1.807, 2.05) is 19.9 Å². The number of aliphatic hydroxyl groups is 1. The van der Waals surface area contributed by atoms with Gasteiger partial charge < -0.3 is 9.84 Å². The molecule has 1 aliphatic heterocycles. The van der Waals surface area contributed by atoms with Crippen LogP contribution in [0.2, 0.25) is 0 Å². The Bertz CT molecular complexity index is 376. The molecule has 1 aromatic heterocycles. The van der Waals surface area contributed by atoms with Gasteiger partial charge in [0.1, 0.15) is 0 Å². The fraction of sp³-hybridized carbons (Fsp3) is 0.692. The smallest absolute Gasteiger partial charge is 0.0811 e. The van der Waals surface area contributed by atoms with Gasteiger partial charge in [0, 0.05) is 18.8 Å². The van der Waals surface area contributed by atoms with Crippen LogP contribution >= 0.6 is 0 Å². The maximum absolute atomic E-state index is 10.3. The van der Waals surface area contributed by atoms with Crippen molar-refractivity contribution < 1.29 is 9.84 Å². The van der Waals surface area contributed by atoms with E-state index in [1.54, 1.807) is 0 Å². The van der Waals surface area contributed by atoms with Crippen molar-refractivity contribution in [1.29, 1.82) is 0 Å². The minimum absolute atomic E-state index is 0.424. The van der Waals surface area contributed by atoms with E-state index >= 15 is 0 Å². The molecule has 0 aliphatic carbocycles. The van der Waals surface area contributed by atoms with Crippen molar-refractivity contribution in [3.05, 3.63) is 23.0 Å². The molecule has 4 nitrogen and oxygen atoms in total. The van der Waals surface area contributed by atoms with Crippen LogP contribution in [0.25, 0.3) is 0 Å². The van der Waals surface area contributed by atoms with Crippen molar-refractivity contribution in [3.8, 4) is 0 Å². The molecule has 1 N–H and O–H groups in total. The molecule has 2 heterocycles. The van der Waals surface area contributed by atoms with E-state index < -0.39 is 6.10 Å². The Labute approximate surface area is 102 Å². The van der Waals surface area contributed by atoms with Crippen LogP contribution in [0.5, 0.6) is 0 Å². The number of ether oxygens (including phenoxy) is 1. The van der Waals surface area contributed by atoms with Gasteiger partial charge in [-0.3, -0.25) is 0 Å². The molecule has 1 atom stereocenters. The zero-order valence-electron chi connectivity index (χ0n) is 10.5. The third kappa shape index (κ3) is 3.23. The fourth-order valence-corrected chi connectivity index (χ4v) is 2.33. The fourth-order valence-electron chi connectivity index (χ4n) is 2.33. The van der Waals surface area contributed by atoms with Gasteiger partial charge >= 0.3 is 0 Å². The molecule has 4 heteroatoms. The highest BCUT2D eigenvalue weighted by Crippen LogP contribution is 2.28. The number of hydrogen-bond acceptors (Lipinski definition) is 4. The van der Waals surface area contributed by atoms with Gasteiger partial charge in [-0.25, -0.2) is 0 Å². The average Bonchev–Trinajstić information content (AvgIpc) is 2.33. The van der Waals surface area contributed by atoms with E-state index in [2.05, 4.69) is 10.2 Å². The van der Waals surface area contributed by atoms with Crippen molar-refractivity contribution in [2.75, 3.05) is 13.2 Å². The van der Waals surface area contributed by atoms with E-state index in [0.29, 0.717) is 5.92 Å². The summed E-state index contributed by atoms with van der Waals surface area (Å²) in [5.74, 6) is 0.562. The summed E-state index contributed by atoms with van der Waals surface area (Å²) in [6.07, 6.45) is 2.48. The van der Waals surface area contributed by atoms with Crippen LogP contribution in [-0.2, 0) is 4.74 Å². The zero-order valence-corrected chi connectivity index (χ0v) is 10.5. The molecule has 0 aromatic carbocycles. The summed E-state index contributed by atoms with van der Waals surface area (Å²) < 4.78 is 5.33. The van der Waals surface area contributed by atoms with Gasteiger partial charge in [0.05, 0.1) is 17.5 Å². The lowest BCUT2D eigenvalue weighted by atomic mass is 9.90. The monoisotopic (exact) mass is 236 g/mol. The molecule has 0 amide bonds. The third-order valence-corrected chi connectivity index (χ3v) is 3.40. The topological polar surface area (TPSA) is 55.2 Å². The Morgan fingerprint density at radius 3 is 2.76 bits per heavy atom. The summed E-state index contributed by atoms with van der Waals surface area (Å²) in [7, 11) is 0. The molecule has 17 heavy (non-hydrogen) atoms. The number of aryl methyl sites for hydroxylation is 2. The normalized spacial score (nSPS) is 19.2. The van der Waals surface area contributed by atoms with Gasteiger partial charge in [-0.2, -0.15) is 10.2 Å². The second-order valence-electron chi connectivity index (χ2n) is 4.83. The molecule has 1 saturated heterocycles. The third-order valence-electron chi connectivity index (χ3n) is 3.40. The molecule has 1 unspecified atom stereocenters. The van der Waals surface area contributed by atoms with Gasteiger partial charge in [0.25, 0.3) is 0 Å². The van der Waals surface area contributed by atoms with Crippen LogP contribution in [0, 0.1) is 19.8 Å². The van der Waals surface area contributed by atoms with Crippen molar-refractivity contribution in [2.24, 2.45) is 5.92 Å². The van der Waals surface area contributed by atoms with E-state index in [-0.39, 0.29) is 0 Å². The van der Waals surface area contributed by atoms with Gasteiger partial charge in [-0.05, 0) is 45.1 Å².